The Morgan fingerprint density at radius 2 is 1.96 bits per heavy atom. The maximum absolute atomic E-state index is 12.2. The van der Waals surface area contributed by atoms with Crippen molar-refractivity contribution in [1.29, 1.82) is 0 Å². The molecule has 0 spiro atoms. The first-order valence-corrected chi connectivity index (χ1v) is 7.55. The lowest BCUT2D eigenvalue weighted by Crippen LogP contribution is -2.19. The van der Waals surface area contributed by atoms with Crippen LogP contribution in [0.2, 0.25) is 0 Å². The van der Waals surface area contributed by atoms with Gasteiger partial charge in [-0.15, -0.1) is 0 Å². The Morgan fingerprint density at radius 3 is 2.64 bits per heavy atom. The highest BCUT2D eigenvalue weighted by molar-refractivity contribution is 5.46. The fraction of sp³-hybridized carbons (Fsp3) is 0.312. The number of aromatic nitrogens is 4. The molecule has 2 heterocycles. The molecule has 1 N–H and O–H groups in total. The fourth-order valence-electron chi connectivity index (χ4n) is 2.36. The summed E-state index contributed by atoms with van der Waals surface area (Å²) in [6.45, 7) is 2.49. The van der Waals surface area contributed by atoms with Crippen LogP contribution in [0.25, 0.3) is 5.78 Å². The summed E-state index contributed by atoms with van der Waals surface area (Å²) in [7, 11) is 0. The molecule has 0 radical (unpaired) electrons. The summed E-state index contributed by atoms with van der Waals surface area (Å²) in [5.74, 6) is 1.39. The molecule has 1 unspecified atom stereocenters. The summed E-state index contributed by atoms with van der Waals surface area (Å²) >= 11 is 0. The van der Waals surface area contributed by atoms with E-state index < -0.39 is 12.8 Å². The second-order valence-electron chi connectivity index (χ2n) is 5.59. The van der Waals surface area contributed by atoms with Gasteiger partial charge in [0.15, 0.2) is 6.61 Å². The standard InChI is InChI=1S/C16H16F3N5O/c1-10-7-14(24-15(22-10)20-9-21-24)23-11(2)12-3-5-13(6-4-12)25-8-16(17,18)19/h3-7,9,11,23H,8H2,1-2H3. The van der Waals surface area contributed by atoms with Crippen LogP contribution >= 0.6 is 0 Å². The number of benzene rings is 1. The number of aryl methyl sites for hydroxylation is 1. The third-order valence-electron chi connectivity index (χ3n) is 3.53. The monoisotopic (exact) mass is 351 g/mol. The van der Waals surface area contributed by atoms with E-state index in [0.29, 0.717) is 5.78 Å². The lowest BCUT2D eigenvalue weighted by molar-refractivity contribution is -0.153. The zero-order valence-corrected chi connectivity index (χ0v) is 13.6. The van der Waals surface area contributed by atoms with E-state index in [1.54, 1.807) is 16.6 Å². The van der Waals surface area contributed by atoms with E-state index in [4.69, 9.17) is 4.74 Å². The molecule has 0 bridgehead atoms. The van der Waals surface area contributed by atoms with E-state index >= 15 is 0 Å². The summed E-state index contributed by atoms with van der Waals surface area (Å²) in [5.41, 5.74) is 1.69. The second kappa shape index (κ2) is 6.58. The molecule has 0 amide bonds. The molecule has 9 heteroatoms. The average molecular weight is 351 g/mol. The molecular weight excluding hydrogens is 335 g/mol. The van der Waals surface area contributed by atoms with Crippen molar-refractivity contribution in [2.24, 2.45) is 0 Å². The quantitative estimate of drug-likeness (QED) is 0.762. The van der Waals surface area contributed by atoms with Gasteiger partial charge in [0.05, 0.1) is 0 Å². The normalized spacial score (nSPS) is 13.0. The zero-order chi connectivity index (χ0) is 18.0. The van der Waals surface area contributed by atoms with Gasteiger partial charge in [-0.05, 0) is 31.5 Å². The van der Waals surface area contributed by atoms with Gasteiger partial charge >= 0.3 is 6.18 Å². The summed E-state index contributed by atoms with van der Waals surface area (Å²) in [6.07, 6.45) is -2.93. The number of nitrogens with one attached hydrogen (secondary N) is 1. The molecule has 1 aromatic carbocycles. The molecule has 0 aliphatic rings. The van der Waals surface area contributed by atoms with E-state index in [1.165, 1.54) is 18.5 Å². The van der Waals surface area contributed by atoms with Gasteiger partial charge in [0.1, 0.15) is 17.9 Å². The molecule has 0 aliphatic heterocycles. The first-order chi connectivity index (χ1) is 11.8. The Bertz CT molecular complexity index is 860. The molecule has 132 valence electrons. The van der Waals surface area contributed by atoms with Crippen LogP contribution in [0.15, 0.2) is 36.7 Å². The van der Waals surface area contributed by atoms with Crippen LogP contribution < -0.4 is 10.1 Å². The number of nitrogens with zero attached hydrogens (tertiary/aromatic N) is 4. The predicted octanol–water partition coefficient (Wildman–Crippen LogP) is 3.55. The lowest BCUT2D eigenvalue weighted by atomic mass is 10.1. The minimum atomic E-state index is -4.35. The summed E-state index contributed by atoms with van der Waals surface area (Å²) < 4.78 is 42.8. The number of hydrogen-bond donors (Lipinski definition) is 1. The maximum atomic E-state index is 12.2. The minimum Gasteiger partial charge on any atom is -0.484 e. The first kappa shape index (κ1) is 17.0. The van der Waals surface area contributed by atoms with Crippen molar-refractivity contribution < 1.29 is 17.9 Å². The van der Waals surface area contributed by atoms with Crippen molar-refractivity contribution >= 4 is 11.6 Å². The zero-order valence-electron chi connectivity index (χ0n) is 13.6. The number of hydrogen-bond acceptors (Lipinski definition) is 5. The minimum absolute atomic E-state index is 0.106. The smallest absolute Gasteiger partial charge is 0.422 e. The number of fused-ring (bicyclic) bond motifs is 1. The van der Waals surface area contributed by atoms with Gasteiger partial charge in [-0.1, -0.05) is 12.1 Å². The van der Waals surface area contributed by atoms with Crippen LogP contribution in [0, 0.1) is 6.92 Å². The van der Waals surface area contributed by atoms with Crippen molar-refractivity contribution in [2.75, 3.05) is 11.9 Å². The van der Waals surface area contributed by atoms with E-state index in [1.807, 2.05) is 19.9 Å². The van der Waals surface area contributed by atoms with Crippen LogP contribution in [0.5, 0.6) is 5.75 Å². The Balaban J connectivity index is 1.72. The van der Waals surface area contributed by atoms with Gasteiger partial charge in [0.25, 0.3) is 5.78 Å². The second-order valence-corrected chi connectivity index (χ2v) is 5.59. The van der Waals surface area contributed by atoms with Crippen LogP contribution in [-0.4, -0.2) is 32.4 Å². The first-order valence-electron chi connectivity index (χ1n) is 7.55. The van der Waals surface area contributed by atoms with E-state index in [0.717, 1.165) is 17.1 Å². The van der Waals surface area contributed by atoms with Gasteiger partial charge in [0, 0.05) is 17.8 Å². The topological polar surface area (TPSA) is 64.3 Å². The number of rotatable bonds is 5. The molecule has 0 fully saturated rings. The van der Waals surface area contributed by atoms with Gasteiger partial charge in [-0.3, -0.25) is 0 Å². The number of anilines is 1. The van der Waals surface area contributed by atoms with Gasteiger partial charge < -0.3 is 10.1 Å². The molecule has 0 aliphatic carbocycles. The highest BCUT2D eigenvalue weighted by Crippen LogP contribution is 2.23. The molecule has 25 heavy (non-hydrogen) atoms. The number of halogens is 3. The van der Waals surface area contributed by atoms with Crippen molar-refractivity contribution in [3.8, 4) is 5.75 Å². The van der Waals surface area contributed by atoms with Crippen molar-refractivity contribution in [1.82, 2.24) is 19.6 Å². The van der Waals surface area contributed by atoms with Crippen LogP contribution in [0.1, 0.15) is 24.2 Å². The molecule has 2 aromatic heterocycles. The van der Waals surface area contributed by atoms with Crippen LogP contribution in [-0.2, 0) is 0 Å². The maximum Gasteiger partial charge on any atom is 0.422 e. The third kappa shape index (κ3) is 4.17. The van der Waals surface area contributed by atoms with Crippen LogP contribution in [0.4, 0.5) is 19.0 Å². The van der Waals surface area contributed by atoms with E-state index in [-0.39, 0.29) is 11.8 Å². The fourth-order valence-corrected chi connectivity index (χ4v) is 2.36. The molecule has 6 nitrogen and oxygen atoms in total. The number of ether oxygens (including phenoxy) is 1. The lowest BCUT2D eigenvalue weighted by Gasteiger charge is -2.17. The third-order valence-corrected chi connectivity index (χ3v) is 3.53. The van der Waals surface area contributed by atoms with Crippen LogP contribution in [0.3, 0.4) is 0 Å². The van der Waals surface area contributed by atoms with Crippen molar-refractivity contribution in [3.05, 3.63) is 47.9 Å². The molecule has 1 atom stereocenters. The van der Waals surface area contributed by atoms with Gasteiger partial charge in [-0.2, -0.15) is 27.8 Å². The highest BCUT2D eigenvalue weighted by Gasteiger charge is 2.28. The summed E-state index contributed by atoms with van der Waals surface area (Å²) in [4.78, 5) is 8.33. The largest absolute Gasteiger partial charge is 0.484 e. The van der Waals surface area contributed by atoms with E-state index in [9.17, 15) is 13.2 Å². The molecule has 3 aromatic rings. The molecule has 3 rings (SSSR count). The Labute approximate surface area is 141 Å². The predicted molar refractivity (Wildman–Crippen MR) is 85.5 cm³/mol. The van der Waals surface area contributed by atoms with Crippen molar-refractivity contribution in [3.63, 3.8) is 0 Å². The van der Waals surface area contributed by atoms with Crippen molar-refractivity contribution in [2.45, 2.75) is 26.1 Å². The van der Waals surface area contributed by atoms with E-state index in [2.05, 4.69) is 20.4 Å². The van der Waals surface area contributed by atoms with Gasteiger partial charge in [-0.25, -0.2) is 4.98 Å². The Morgan fingerprint density at radius 1 is 1.24 bits per heavy atom. The molecule has 0 saturated heterocycles. The average Bonchev–Trinajstić information content (AvgIpc) is 3.01. The van der Waals surface area contributed by atoms with Gasteiger partial charge in [0.2, 0.25) is 0 Å². The Hall–Kier alpha value is -2.84. The Kier molecular flexibility index (Phi) is 4.47. The number of alkyl halides is 3. The summed E-state index contributed by atoms with van der Waals surface area (Å²) in [5, 5.41) is 7.43. The molecule has 0 saturated carbocycles. The highest BCUT2D eigenvalue weighted by atomic mass is 19.4. The SMILES string of the molecule is Cc1cc(NC(C)c2ccc(OCC(F)(F)F)cc2)n2ncnc2n1. The summed E-state index contributed by atoms with van der Waals surface area (Å²) in [6, 6.07) is 8.21. The molecular formula is C16H16F3N5O.